The number of aliphatic carboxylic acids is 1. The molecule has 1 aliphatic heterocycles. The Labute approximate surface area is 137 Å². The summed E-state index contributed by atoms with van der Waals surface area (Å²) in [6, 6.07) is 5.97. The Morgan fingerprint density at radius 3 is 2.13 bits per heavy atom. The summed E-state index contributed by atoms with van der Waals surface area (Å²) in [5.74, 6) is 0.911. The van der Waals surface area contributed by atoms with Gasteiger partial charge in [-0.15, -0.1) is 0 Å². The van der Waals surface area contributed by atoms with Crippen LogP contribution in [-0.4, -0.2) is 67.8 Å². The minimum atomic E-state index is -0.712. The van der Waals surface area contributed by atoms with Crippen molar-refractivity contribution in [1.29, 1.82) is 0 Å². The van der Waals surface area contributed by atoms with Crippen molar-refractivity contribution in [2.45, 2.75) is 19.4 Å². The maximum Gasteiger partial charge on any atom is 0.303 e. The van der Waals surface area contributed by atoms with Crippen LogP contribution < -0.4 is 9.47 Å². The van der Waals surface area contributed by atoms with E-state index in [1.807, 2.05) is 18.2 Å². The number of carbonyl (C=O) groups is 1. The lowest BCUT2D eigenvalue weighted by molar-refractivity contribution is -0.137. The minimum absolute atomic E-state index is 0.254. The Bertz CT molecular complexity index is 491. The number of carboxylic acids is 1. The standard InChI is InChI=1S/C17H26N2O4/c1-22-15-10-14(11-16(12-15)23-2)13-19-8-6-18(7-9-19)5-3-4-17(20)21/h10-12H,3-9,13H2,1-2H3,(H,20,21). The Balaban J connectivity index is 1.81. The topological polar surface area (TPSA) is 62.2 Å². The molecular weight excluding hydrogens is 296 g/mol. The molecule has 1 N–H and O–H groups in total. The predicted molar refractivity (Wildman–Crippen MR) is 88.1 cm³/mol. The number of benzene rings is 1. The third-order valence-electron chi connectivity index (χ3n) is 4.15. The van der Waals surface area contributed by atoms with Crippen molar-refractivity contribution in [3.05, 3.63) is 23.8 Å². The highest BCUT2D eigenvalue weighted by Gasteiger charge is 2.17. The van der Waals surface area contributed by atoms with Crippen LogP contribution in [0.1, 0.15) is 18.4 Å². The first kappa shape index (κ1) is 17.6. The summed E-state index contributed by atoms with van der Waals surface area (Å²) in [7, 11) is 3.32. The normalized spacial score (nSPS) is 16.3. The molecule has 1 aromatic rings. The molecule has 0 amide bonds. The Morgan fingerprint density at radius 1 is 1.04 bits per heavy atom. The number of ether oxygens (including phenoxy) is 2. The van der Waals surface area contributed by atoms with Gasteiger partial charge in [0.1, 0.15) is 11.5 Å². The molecular formula is C17H26N2O4. The van der Waals surface area contributed by atoms with Crippen molar-refractivity contribution in [2.75, 3.05) is 46.9 Å². The largest absolute Gasteiger partial charge is 0.497 e. The van der Waals surface area contributed by atoms with E-state index in [1.54, 1.807) is 14.2 Å². The van der Waals surface area contributed by atoms with Gasteiger partial charge in [-0.05, 0) is 30.7 Å². The van der Waals surface area contributed by atoms with Gasteiger partial charge in [-0.3, -0.25) is 9.69 Å². The number of nitrogens with zero attached hydrogens (tertiary/aromatic N) is 2. The van der Waals surface area contributed by atoms with Crippen LogP contribution in [0.2, 0.25) is 0 Å². The molecule has 0 spiro atoms. The van der Waals surface area contributed by atoms with Crippen molar-refractivity contribution in [2.24, 2.45) is 0 Å². The van der Waals surface area contributed by atoms with Gasteiger partial charge in [-0.1, -0.05) is 0 Å². The Morgan fingerprint density at radius 2 is 1.61 bits per heavy atom. The van der Waals surface area contributed by atoms with E-state index in [9.17, 15) is 4.79 Å². The Hall–Kier alpha value is -1.79. The van der Waals surface area contributed by atoms with Gasteiger partial charge < -0.3 is 19.5 Å². The molecule has 1 saturated heterocycles. The number of carboxylic acid groups (broad SMARTS) is 1. The first-order chi connectivity index (χ1) is 11.1. The number of piperazine rings is 1. The number of methoxy groups -OCH3 is 2. The molecule has 0 aliphatic carbocycles. The van der Waals surface area contributed by atoms with Gasteiger partial charge >= 0.3 is 5.97 Å². The zero-order chi connectivity index (χ0) is 16.7. The van der Waals surface area contributed by atoms with Crippen molar-refractivity contribution < 1.29 is 19.4 Å². The molecule has 1 heterocycles. The molecule has 0 saturated carbocycles. The summed E-state index contributed by atoms with van der Waals surface area (Å²) in [6.07, 6.45) is 0.978. The van der Waals surface area contributed by atoms with Gasteiger partial charge in [0, 0.05) is 45.2 Å². The highest BCUT2D eigenvalue weighted by atomic mass is 16.5. The first-order valence-electron chi connectivity index (χ1n) is 7.99. The monoisotopic (exact) mass is 322 g/mol. The van der Waals surface area contributed by atoms with Crippen LogP contribution in [0.4, 0.5) is 0 Å². The van der Waals surface area contributed by atoms with Crippen molar-refractivity contribution in [3.63, 3.8) is 0 Å². The summed E-state index contributed by atoms with van der Waals surface area (Å²) in [5.41, 5.74) is 1.18. The number of hydrogen-bond donors (Lipinski definition) is 1. The van der Waals surface area contributed by atoms with E-state index in [4.69, 9.17) is 14.6 Å². The van der Waals surface area contributed by atoms with Gasteiger partial charge in [0.25, 0.3) is 0 Å². The second-order valence-corrected chi connectivity index (χ2v) is 5.84. The average Bonchev–Trinajstić information content (AvgIpc) is 2.55. The average molecular weight is 322 g/mol. The summed E-state index contributed by atoms with van der Waals surface area (Å²) in [6.45, 7) is 5.70. The molecule has 1 aromatic carbocycles. The molecule has 6 nitrogen and oxygen atoms in total. The van der Waals surface area contributed by atoms with Gasteiger partial charge in [0.15, 0.2) is 0 Å². The van der Waals surface area contributed by atoms with E-state index in [-0.39, 0.29) is 6.42 Å². The molecule has 0 radical (unpaired) electrons. The molecule has 6 heteroatoms. The van der Waals surface area contributed by atoms with Crippen LogP contribution in [0.5, 0.6) is 11.5 Å². The first-order valence-corrected chi connectivity index (χ1v) is 7.99. The maximum absolute atomic E-state index is 10.6. The second-order valence-electron chi connectivity index (χ2n) is 5.84. The summed E-state index contributed by atoms with van der Waals surface area (Å²) < 4.78 is 10.6. The van der Waals surface area contributed by atoms with Gasteiger partial charge in [0.05, 0.1) is 14.2 Å². The molecule has 0 unspecified atom stereocenters. The van der Waals surface area contributed by atoms with Crippen LogP contribution in [0.15, 0.2) is 18.2 Å². The highest BCUT2D eigenvalue weighted by Crippen LogP contribution is 2.23. The smallest absolute Gasteiger partial charge is 0.303 e. The maximum atomic E-state index is 10.6. The lowest BCUT2D eigenvalue weighted by atomic mass is 10.1. The van der Waals surface area contributed by atoms with E-state index >= 15 is 0 Å². The molecule has 0 atom stereocenters. The fourth-order valence-electron chi connectivity index (χ4n) is 2.84. The van der Waals surface area contributed by atoms with Gasteiger partial charge in [0.2, 0.25) is 0 Å². The summed E-state index contributed by atoms with van der Waals surface area (Å²) >= 11 is 0. The third-order valence-corrected chi connectivity index (χ3v) is 4.15. The van der Waals surface area contributed by atoms with Crippen LogP contribution in [-0.2, 0) is 11.3 Å². The fourth-order valence-corrected chi connectivity index (χ4v) is 2.84. The molecule has 1 aliphatic rings. The predicted octanol–water partition coefficient (Wildman–Crippen LogP) is 1.69. The van der Waals surface area contributed by atoms with Crippen molar-refractivity contribution in [1.82, 2.24) is 9.80 Å². The summed E-state index contributed by atoms with van der Waals surface area (Å²) in [4.78, 5) is 15.3. The minimum Gasteiger partial charge on any atom is -0.497 e. The van der Waals surface area contributed by atoms with Crippen LogP contribution in [0.25, 0.3) is 0 Å². The van der Waals surface area contributed by atoms with E-state index in [2.05, 4.69) is 9.80 Å². The van der Waals surface area contributed by atoms with E-state index in [1.165, 1.54) is 5.56 Å². The molecule has 2 rings (SSSR count). The number of hydrogen-bond acceptors (Lipinski definition) is 5. The van der Waals surface area contributed by atoms with Crippen molar-refractivity contribution >= 4 is 5.97 Å². The SMILES string of the molecule is COc1cc(CN2CCN(CCCC(=O)O)CC2)cc(OC)c1. The van der Waals surface area contributed by atoms with Gasteiger partial charge in [-0.25, -0.2) is 0 Å². The molecule has 0 aromatic heterocycles. The van der Waals surface area contributed by atoms with Crippen LogP contribution >= 0.6 is 0 Å². The van der Waals surface area contributed by atoms with E-state index < -0.39 is 5.97 Å². The van der Waals surface area contributed by atoms with Crippen molar-refractivity contribution in [3.8, 4) is 11.5 Å². The lowest BCUT2D eigenvalue weighted by Crippen LogP contribution is -2.46. The highest BCUT2D eigenvalue weighted by molar-refractivity contribution is 5.66. The molecule has 128 valence electrons. The molecule has 23 heavy (non-hydrogen) atoms. The zero-order valence-electron chi connectivity index (χ0n) is 14.0. The third kappa shape index (κ3) is 5.73. The summed E-state index contributed by atoms with van der Waals surface area (Å²) in [5, 5.41) is 8.69. The fraction of sp³-hybridized carbons (Fsp3) is 0.588. The van der Waals surface area contributed by atoms with Crippen LogP contribution in [0, 0.1) is 0 Å². The lowest BCUT2D eigenvalue weighted by Gasteiger charge is -2.34. The Kier molecular flexibility index (Phi) is 6.67. The van der Waals surface area contributed by atoms with E-state index in [0.717, 1.165) is 57.2 Å². The molecule has 0 bridgehead atoms. The zero-order valence-corrected chi connectivity index (χ0v) is 14.0. The van der Waals surface area contributed by atoms with Crippen LogP contribution in [0.3, 0.4) is 0 Å². The van der Waals surface area contributed by atoms with Gasteiger partial charge in [-0.2, -0.15) is 0 Å². The molecule has 1 fully saturated rings. The quantitative estimate of drug-likeness (QED) is 0.786. The number of rotatable bonds is 8. The van der Waals surface area contributed by atoms with E-state index in [0.29, 0.717) is 0 Å². The second kappa shape index (κ2) is 8.74.